The fourth-order valence-electron chi connectivity index (χ4n) is 1.81. The molecule has 0 bridgehead atoms. The maximum atomic E-state index is 11.0. The van der Waals surface area contributed by atoms with Gasteiger partial charge >= 0.3 is 0 Å². The lowest BCUT2D eigenvalue weighted by molar-refractivity contribution is -0.116. The number of benzene rings is 1. The zero-order valence-electron chi connectivity index (χ0n) is 12.0. The molecule has 0 fully saturated rings. The minimum Gasteiger partial charge on any atom is -0.495 e. The fourth-order valence-corrected chi connectivity index (χ4v) is 1.81. The van der Waals surface area contributed by atoms with Crippen LogP contribution in [0.25, 0.3) is 0 Å². The zero-order chi connectivity index (χ0) is 13.7. The van der Waals surface area contributed by atoms with Crippen LogP contribution in [-0.4, -0.2) is 26.5 Å². The molecule has 0 unspecified atom stereocenters. The van der Waals surface area contributed by atoms with E-state index in [0.717, 1.165) is 11.4 Å². The van der Waals surface area contributed by atoms with Crippen LogP contribution in [0.5, 0.6) is 5.75 Å². The summed E-state index contributed by atoms with van der Waals surface area (Å²) in [6.45, 7) is 6.65. The van der Waals surface area contributed by atoms with E-state index in [-0.39, 0.29) is 5.78 Å². The van der Waals surface area contributed by atoms with Gasteiger partial charge in [0.25, 0.3) is 0 Å². The highest BCUT2D eigenvalue weighted by molar-refractivity contribution is 5.76. The van der Waals surface area contributed by atoms with Gasteiger partial charge in [-0.05, 0) is 30.5 Å². The molecule has 3 heteroatoms. The van der Waals surface area contributed by atoms with Crippen molar-refractivity contribution in [3.8, 4) is 5.75 Å². The molecule has 100 valence electrons. The number of ether oxygens (including phenoxy) is 1. The Morgan fingerprint density at radius 1 is 1.39 bits per heavy atom. The van der Waals surface area contributed by atoms with E-state index in [2.05, 4.69) is 36.9 Å². The molecule has 0 atom stereocenters. The maximum Gasteiger partial charge on any atom is 0.142 e. The van der Waals surface area contributed by atoms with Gasteiger partial charge in [0, 0.05) is 20.0 Å². The first-order valence-corrected chi connectivity index (χ1v) is 6.34. The average molecular weight is 249 g/mol. The summed E-state index contributed by atoms with van der Waals surface area (Å²) in [7, 11) is 3.66. The summed E-state index contributed by atoms with van der Waals surface area (Å²) in [6, 6.07) is 6.26. The van der Waals surface area contributed by atoms with Gasteiger partial charge in [-0.2, -0.15) is 0 Å². The van der Waals surface area contributed by atoms with Crippen LogP contribution in [0.4, 0.5) is 5.69 Å². The number of anilines is 1. The Balaban J connectivity index is 2.90. The first-order chi connectivity index (χ1) is 8.45. The van der Waals surface area contributed by atoms with E-state index in [9.17, 15) is 4.79 Å². The van der Waals surface area contributed by atoms with Gasteiger partial charge in [-0.3, -0.25) is 4.79 Å². The minimum atomic E-state index is 0.208. The van der Waals surface area contributed by atoms with Crippen LogP contribution in [0.3, 0.4) is 0 Å². The summed E-state index contributed by atoms with van der Waals surface area (Å²) in [4.78, 5) is 13.1. The summed E-state index contributed by atoms with van der Waals surface area (Å²) in [5, 5.41) is 0. The van der Waals surface area contributed by atoms with E-state index in [1.165, 1.54) is 5.56 Å². The van der Waals surface area contributed by atoms with Crippen LogP contribution in [0.2, 0.25) is 0 Å². The molecule has 0 aliphatic heterocycles. The molecule has 0 aromatic heterocycles. The summed E-state index contributed by atoms with van der Waals surface area (Å²) in [5.41, 5.74) is 2.29. The second-order valence-electron chi connectivity index (χ2n) is 4.96. The van der Waals surface area contributed by atoms with Gasteiger partial charge in [0.15, 0.2) is 0 Å². The van der Waals surface area contributed by atoms with Gasteiger partial charge in [-0.1, -0.05) is 19.9 Å². The fraction of sp³-hybridized carbons (Fsp3) is 0.533. The third-order valence-corrected chi connectivity index (χ3v) is 3.08. The highest BCUT2D eigenvalue weighted by Crippen LogP contribution is 2.31. The SMILES string of the molecule is COc1cc(C(C)C)ccc1N(C)CCC(C)=O. The Morgan fingerprint density at radius 3 is 2.56 bits per heavy atom. The maximum absolute atomic E-state index is 11.0. The van der Waals surface area contributed by atoms with Gasteiger partial charge in [-0.25, -0.2) is 0 Å². The second-order valence-corrected chi connectivity index (χ2v) is 4.96. The predicted octanol–water partition coefficient (Wildman–Crippen LogP) is 3.23. The van der Waals surface area contributed by atoms with Gasteiger partial charge < -0.3 is 9.64 Å². The zero-order valence-corrected chi connectivity index (χ0v) is 12.0. The highest BCUT2D eigenvalue weighted by atomic mass is 16.5. The molecule has 0 heterocycles. The quantitative estimate of drug-likeness (QED) is 0.775. The number of rotatable bonds is 6. The third kappa shape index (κ3) is 3.76. The number of hydrogen-bond acceptors (Lipinski definition) is 3. The first-order valence-electron chi connectivity index (χ1n) is 6.34. The lowest BCUT2D eigenvalue weighted by Crippen LogP contribution is -2.21. The average Bonchev–Trinajstić information content (AvgIpc) is 2.34. The van der Waals surface area contributed by atoms with Crippen molar-refractivity contribution in [3.05, 3.63) is 23.8 Å². The molecule has 0 saturated carbocycles. The van der Waals surface area contributed by atoms with Crippen LogP contribution < -0.4 is 9.64 Å². The standard InChI is InChI=1S/C15H23NO2/c1-11(2)13-6-7-14(15(10-13)18-5)16(4)9-8-12(3)17/h6-7,10-11H,8-9H2,1-5H3. The van der Waals surface area contributed by atoms with E-state index in [1.807, 2.05) is 7.05 Å². The molecule has 0 aliphatic carbocycles. The monoisotopic (exact) mass is 249 g/mol. The van der Waals surface area contributed by atoms with Crippen molar-refractivity contribution >= 4 is 11.5 Å². The predicted molar refractivity (Wildman–Crippen MR) is 75.7 cm³/mol. The van der Waals surface area contributed by atoms with Crippen molar-refractivity contribution in [2.24, 2.45) is 0 Å². The Bertz CT molecular complexity index is 413. The number of Topliss-reactive ketones (excluding diaryl/α,β-unsaturated/α-hetero) is 1. The van der Waals surface area contributed by atoms with Crippen molar-refractivity contribution in [2.45, 2.75) is 33.1 Å². The Morgan fingerprint density at radius 2 is 2.06 bits per heavy atom. The number of nitrogens with zero attached hydrogens (tertiary/aromatic N) is 1. The molecule has 0 spiro atoms. The van der Waals surface area contributed by atoms with Gasteiger partial charge in [0.05, 0.1) is 12.8 Å². The molecule has 1 rings (SSSR count). The summed E-state index contributed by atoms with van der Waals surface area (Å²) < 4.78 is 5.44. The molecular formula is C15H23NO2. The van der Waals surface area contributed by atoms with Gasteiger partial charge in [-0.15, -0.1) is 0 Å². The Labute approximate surface area is 110 Å². The number of carbonyl (C=O) groups is 1. The second kappa shape index (κ2) is 6.43. The summed E-state index contributed by atoms with van der Waals surface area (Å²) >= 11 is 0. The lowest BCUT2D eigenvalue weighted by Gasteiger charge is -2.22. The van der Waals surface area contributed by atoms with Crippen LogP contribution in [0.1, 0.15) is 38.7 Å². The topological polar surface area (TPSA) is 29.5 Å². The van der Waals surface area contributed by atoms with Gasteiger partial charge in [0.2, 0.25) is 0 Å². The van der Waals surface area contributed by atoms with Crippen molar-refractivity contribution in [1.82, 2.24) is 0 Å². The molecule has 18 heavy (non-hydrogen) atoms. The van der Waals surface area contributed by atoms with E-state index >= 15 is 0 Å². The number of carbonyl (C=O) groups excluding carboxylic acids is 1. The highest BCUT2D eigenvalue weighted by Gasteiger charge is 2.11. The molecule has 1 aromatic rings. The summed E-state index contributed by atoms with van der Waals surface area (Å²) in [5.74, 6) is 1.56. The molecular weight excluding hydrogens is 226 g/mol. The summed E-state index contributed by atoms with van der Waals surface area (Å²) in [6.07, 6.45) is 0.561. The van der Waals surface area contributed by atoms with Crippen LogP contribution >= 0.6 is 0 Å². The van der Waals surface area contributed by atoms with Crippen LogP contribution in [0.15, 0.2) is 18.2 Å². The molecule has 0 radical (unpaired) electrons. The number of methoxy groups -OCH3 is 1. The minimum absolute atomic E-state index is 0.208. The normalized spacial score (nSPS) is 10.6. The van der Waals surface area contributed by atoms with Crippen LogP contribution in [-0.2, 0) is 4.79 Å². The number of hydrogen-bond donors (Lipinski definition) is 0. The van der Waals surface area contributed by atoms with E-state index in [1.54, 1.807) is 14.0 Å². The lowest BCUT2D eigenvalue weighted by atomic mass is 10.0. The van der Waals surface area contributed by atoms with E-state index < -0.39 is 0 Å². The van der Waals surface area contributed by atoms with Crippen molar-refractivity contribution in [1.29, 1.82) is 0 Å². The first kappa shape index (κ1) is 14.6. The largest absolute Gasteiger partial charge is 0.495 e. The molecule has 3 nitrogen and oxygen atoms in total. The van der Waals surface area contributed by atoms with E-state index in [4.69, 9.17) is 4.74 Å². The third-order valence-electron chi connectivity index (χ3n) is 3.08. The number of ketones is 1. The van der Waals surface area contributed by atoms with Crippen molar-refractivity contribution < 1.29 is 9.53 Å². The van der Waals surface area contributed by atoms with Gasteiger partial charge in [0.1, 0.15) is 11.5 Å². The molecule has 0 N–H and O–H groups in total. The Kier molecular flexibility index (Phi) is 5.20. The van der Waals surface area contributed by atoms with Crippen LogP contribution in [0, 0.1) is 0 Å². The van der Waals surface area contributed by atoms with Crippen molar-refractivity contribution in [3.63, 3.8) is 0 Å². The van der Waals surface area contributed by atoms with E-state index in [0.29, 0.717) is 18.9 Å². The smallest absolute Gasteiger partial charge is 0.142 e. The molecule has 0 amide bonds. The van der Waals surface area contributed by atoms with Crippen molar-refractivity contribution in [2.75, 3.05) is 25.6 Å². The molecule has 0 saturated heterocycles. The molecule has 1 aromatic carbocycles. The molecule has 0 aliphatic rings. The Hall–Kier alpha value is -1.51.